The highest BCUT2D eigenvalue weighted by atomic mass is 35.5. The second-order valence-corrected chi connectivity index (χ2v) is 12.2. The molecule has 1 aliphatic heterocycles. The number of carbonyl (C=O) groups excluding carboxylic acids is 5. The average molecular weight is 639 g/mol. The normalized spacial score (nSPS) is 14.6. The van der Waals surface area contributed by atoms with Crippen LogP contribution in [0, 0.1) is 5.92 Å². The molecular formula is C28H37Cl2N7O6. The molecule has 1 aromatic heterocycles. The Hall–Kier alpha value is -3.84. The van der Waals surface area contributed by atoms with Crippen LogP contribution in [0.4, 0.5) is 10.5 Å². The largest absolute Gasteiger partial charge is 0.444 e. The molecule has 0 spiro atoms. The first-order chi connectivity index (χ1) is 20.2. The maximum absolute atomic E-state index is 13.3. The number of rotatable bonds is 9. The lowest BCUT2D eigenvalue weighted by atomic mass is 9.99. The predicted molar refractivity (Wildman–Crippen MR) is 161 cm³/mol. The first kappa shape index (κ1) is 33.7. The van der Waals surface area contributed by atoms with Gasteiger partial charge in [-0.1, -0.05) is 43.1 Å². The van der Waals surface area contributed by atoms with Crippen LogP contribution in [0.5, 0.6) is 0 Å². The molecule has 0 aliphatic carbocycles. The van der Waals surface area contributed by atoms with Crippen LogP contribution in [-0.4, -0.2) is 82.1 Å². The smallest absolute Gasteiger partial charge is 0.408 e. The van der Waals surface area contributed by atoms with Gasteiger partial charge in [0, 0.05) is 25.3 Å². The average Bonchev–Trinajstić information content (AvgIpc) is 3.37. The fourth-order valence-electron chi connectivity index (χ4n) is 4.36. The van der Waals surface area contributed by atoms with Gasteiger partial charge in [-0.2, -0.15) is 5.10 Å². The van der Waals surface area contributed by atoms with E-state index in [4.69, 9.17) is 27.9 Å². The number of aromatic nitrogens is 2. The molecule has 0 saturated carbocycles. The van der Waals surface area contributed by atoms with Crippen molar-refractivity contribution in [3.63, 3.8) is 0 Å². The number of amides is 5. The molecule has 1 aromatic carbocycles. The standard InChI is InChI=1S/C28H37Cl2N7O6/c1-15(2)22(35-20(38)14-31-27(42)43-28(3,4)5)26(41)37-11-9-16(10-12-37)33-25(40)23-19(13-32-36-23)34-24(39)21-17(29)7-6-8-18(21)30/h6-8,13,15-16,22H,9-12,14H2,1-5H3,(H,31,42)(H,32,36)(H,33,40)(H,34,39)(H,35,38). The van der Waals surface area contributed by atoms with Crippen LogP contribution in [0.3, 0.4) is 0 Å². The zero-order chi connectivity index (χ0) is 31.9. The molecule has 2 heterocycles. The number of H-pyrrole nitrogens is 1. The molecule has 1 unspecified atom stereocenters. The molecule has 1 atom stereocenters. The third-order valence-electron chi connectivity index (χ3n) is 6.48. The van der Waals surface area contributed by atoms with Crippen molar-refractivity contribution in [2.75, 3.05) is 25.0 Å². The lowest BCUT2D eigenvalue weighted by molar-refractivity contribution is -0.138. The highest BCUT2D eigenvalue weighted by Crippen LogP contribution is 2.26. The molecule has 3 rings (SSSR count). The summed E-state index contributed by atoms with van der Waals surface area (Å²) in [5.41, 5.74) is -0.490. The molecule has 5 N–H and O–H groups in total. The molecule has 43 heavy (non-hydrogen) atoms. The van der Waals surface area contributed by atoms with Crippen molar-refractivity contribution in [2.24, 2.45) is 5.92 Å². The minimum Gasteiger partial charge on any atom is -0.444 e. The van der Waals surface area contributed by atoms with Crippen molar-refractivity contribution in [1.82, 2.24) is 31.0 Å². The quantitative estimate of drug-likeness (QED) is 0.280. The molecular weight excluding hydrogens is 601 g/mol. The molecule has 1 aliphatic rings. The van der Waals surface area contributed by atoms with Gasteiger partial charge in [-0.15, -0.1) is 0 Å². The molecule has 0 radical (unpaired) electrons. The number of anilines is 1. The van der Waals surface area contributed by atoms with E-state index in [1.165, 1.54) is 18.3 Å². The topological polar surface area (TPSA) is 175 Å². The van der Waals surface area contributed by atoms with Crippen molar-refractivity contribution in [1.29, 1.82) is 0 Å². The van der Waals surface area contributed by atoms with Gasteiger partial charge in [-0.25, -0.2) is 4.79 Å². The zero-order valence-corrected chi connectivity index (χ0v) is 26.2. The number of aromatic amines is 1. The summed E-state index contributed by atoms with van der Waals surface area (Å²) in [4.78, 5) is 65.0. The van der Waals surface area contributed by atoms with Crippen molar-refractivity contribution in [3.05, 3.63) is 45.7 Å². The van der Waals surface area contributed by atoms with Gasteiger partial charge in [-0.05, 0) is 51.7 Å². The summed E-state index contributed by atoms with van der Waals surface area (Å²) in [5.74, 6) is -2.06. The Labute approximate surface area is 259 Å². The van der Waals surface area contributed by atoms with Crippen LogP contribution in [0.2, 0.25) is 10.0 Å². The highest BCUT2D eigenvalue weighted by molar-refractivity contribution is 6.40. The van der Waals surface area contributed by atoms with Gasteiger partial charge in [0.25, 0.3) is 11.8 Å². The Kier molecular flexibility index (Phi) is 11.4. The third kappa shape index (κ3) is 9.58. The number of nitrogens with one attached hydrogen (secondary N) is 5. The minimum absolute atomic E-state index is 0.0161. The van der Waals surface area contributed by atoms with Crippen LogP contribution in [0.25, 0.3) is 0 Å². The molecule has 13 nitrogen and oxygen atoms in total. The monoisotopic (exact) mass is 637 g/mol. The fraction of sp³-hybridized carbons (Fsp3) is 0.500. The van der Waals surface area contributed by atoms with E-state index in [0.29, 0.717) is 25.9 Å². The number of benzene rings is 1. The van der Waals surface area contributed by atoms with Crippen LogP contribution >= 0.6 is 23.2 Å². The third-order valence-corrected chi connectivity index (χ3v) is 7.11. The van der Waals surface area contributed by atoms with E-state index in [1.54, 1.807) is 31.7 Å². The van der Waals surface area contributed by atoms with Gasteiger partial charge in [0.2, 0.25) is 11.8 Å². The number of halogens is 2. The molecule has 1 fully saturated rings. The Morgan fingerprint density at radius 3 is 2.28 bits per heavy atom. The van der Waals surface area contributed by atoms with Crippen molar-refractivity contribution < 1.29 is 28.7 Å². The summed E-state index contributed by atoms with van der Waals surface area (Å²) in [6.07, 6.45) is 1.59. The highest BCUT2D eigenvalue weighted by Gasteiger charge is 2.32. The Bertz CT molecular complexity index is 1330. The van der Waals surface area contributed by atoms with Gasteiger partial charge in [0.05, 0.1) is 21.3 Å². The number of carbonyl (C=O) groups is 5. The molecule has 1 saturated heterocycles. The van der Waals surface area contributed by atoms with Crippen molar-refractivity contribution in [3.8, 4) is 0 Å². The number of hydrogen-bond donors (Lipinski definition) is 5. The van der Waals surface area contributed by atoms with Crippen molar-refractivity contribution >= 4 is 58.6 Å². The number of nitrogens with zero attached hydrogens (tertiary/aromatic N) is 2. The Morgan fingerprint density at radius 2 is 1.70 bits per heavy atom. The van der Waals surface area contributed by atoms with Crippen LogP contribution in [-0.2, 0) is 14.3 Å². The van der Waals surface area contributed by atoms with Crippen LogP contribution in [0.15, 0.2) is 24.4 Å². The maximum Gasteiger partial charge on any atom is 0.408 e. The Balaban J connectivity index is 1.52. The van der Waals surface area contributed by atoms with Gasteiger partial charge in [-0.3, -0.25) is 24.3 Å². The molecule has 234 valence electrons. The molecule has 2 aromatic rings. The van der Waals surface area contributed by atoms with Crippen LogP contribution in [0.1, 0.15) is 68.3 Å². The first-order valence-electron chi connectivity index (χ1n) is 13.8. The van der Waals surface area contributed by atoms with Gasteiger partial charge >= 0.3 is 6.09 Å². The van der Waals surface area contributed by atoms with Gasteiger partial charge in [0.15, 0.2) is 5.69 Å². The van der Waals surface area contributed by atoms with E-state index in [9.17, 15) is 24.0 Å². The van der Waals surface area contributed by atoms with Crippen molar-refractivity contribution in [2.45, 2.75) is 65.1 Å². The second kappa shape index (κ2) is 14.6. The lowest BCUT2D eigenvalue weighted by Crippen LogP contribution is -2.56. The number of ether oxygens (including phenoxy) is 1. The van der Waals surface area contributed by atoms with Crippen LogP contribution < -0.4 is 21.3 Å². The summed E-state index contributed by atoms with van der Waals surface area (Å²) in [6, 6.07) is 3.64. The maximum atomic E-state index is 13.3. The number of hydrogen-bond acceptors (Lipinski definition) is 7. The number of likely N-dealkylation sites (tertiary alicyclic amines) is 1. The summed E-state index contributed by atoms with van der Waals surface area (Å²) in [7, 11) is 0. The van der Waals surface area contributed by atoms with E-state index in [-0.39, 0.29) is 51.4 Å². The van der Waals surface area contributed by atoms with E-state index in [2.05, 4.69) is 31.5 Å². The molecule has 5 amide bonds. The number of piperidine rings is 1. The minimum atomic E-state index is -0.791. The van der Waals surface area contributed by atoms with Gasteiger partial charge < -0.3 is 30.9 Å². The summed E-state index contributed by atoms with van der Waals surface area (Å²) >= 11 is 12.2. The van der Waals surface area contributed by atoms with E-state index in [0.717, 1.165) is 0 Å². The first-order valence-corrected chi connectivity index (χ1v) is 14.6. The summed E-state index contributed by atoms with van der Waals surface area (Å²) in [5, 5.41) is 17.5. The molecule has 0 bridgehead atoms. The summed E-state index contributed by atoms with van der Waals surface area (Å²) < 4.78 is 5.13. The van der Waals surface area contributed by atoms with E-state index < -0.39 is 35.5 Å². The van der Waals surface area contributed by atoms with E-state index >= 15 is 0 Å². The second-order valence-electron chi connectivity index (χ2n) is 11.4. The predicted octanol–water partition coefficient (Wildman–Crippen LogP) is 3.36. The fourth-order valence-corrected chi connectivity index (χ4v) is 4.93. The zero-order valence-electron chi connectivity index (χ0n) is 24.7. The summed E-state index contributed by atoms with van der Waals surface area (Å²) in [6.45, 7) is 9.15. The Morgan fingerprint density at radius 1 is 1.07 bits per heavy atom. The lowest BCUT2D eigenvalue weighted by Gasteiger charge is -2.35. The molecule has 15 heteroatoms. The number of alkyl carbamates (subject to hydrolysis) is 1. The van der Waals surface area contributed by atoms with Gasteiger partial charge in [0.1, 0.15) is 18.2 Å². The SMILES string of the molecule is CC(C)C(NC(=O)CNC(=O)OC(C)(C)C)C(=O)N1CCC(NC(=O)c2n[nH]cc2NC(=O)c2c(Cl)cccc2Cl)CC1. The van der Waals surface area contributed by atoms with E-state index in [1.807, 2.05) is 13.8 Å².